The van der Waals surface area contributed by atoms with E-state index in [1.807, 2.05) is 61.9 Å². The van der Waals surface area contributed by atoms with E-state index in [0.717, 1.165) is 22.5 Å². The molecule has 5 nitrogen and oxygen atoms in total. The zero-order chi connectivity index (χ0) is 17.1. The summed E-state index contributed by atoms with van der Waals surface area (Å²) in [4.78, 5) is 12.4. The quantitative estimate of drug-likeness (QED) is 0.506. The van der Waals surface area contributed by atoms with Gasteiger partial charge in [-0.2, -0.15) is 0 Å². The zero-order valence-corrected chi connectivity index (χ0v) is 14.8. The second kappa shape index (κ2) is 7.05. The summed E-state index contributed by atoms with van der Waals surface area (Å²) in [5.41, 5.74) is 3.92. The van der Waals surface area contributed by atoms with Crippen LogP contribution in [-0.2, 0) is 13.5 Å². The minimum absolute atomic E-state index is 0.0732. The summed E-state index contributed by atoms with van der Waals surface area (Å²) in [7, 11) is 1.96. The molecule has 0 aliphatic heterocycles. The van der Waals surface area contributed by atoms with Crippen LogP contribution in [0.2, 0.25) is 0 Å². The minimum atomic E-state index is 0.0732. The third-order valence-corrected chi connectivity index (χ3v) is 4.87. The van der Waals surface area contributed by atoms with Gasteiger partial charge in [0, 0.05) is 24.0 Å². The van der Waals surface area contributed by atoms with Crippen molar-refractivity contribution in [3.05, 3.63) is 64.8 Å². The van der Waals surface area contributed by atoms with Gasteiger partial charge < -0.3 is 8.98 Å². The summed E-state index contributed by atoms with van der Waals surface area (Å²) in [6.07, 6.45) is 0.597. The summed E-state index contributed by atoms with van der Waals surface area (Å²) in [5, 5.41) is 8.49. The van der Waals surface area contributed by atoms with E-state index in [0.29, 0.717) is 17.5 Å². The van der Waals surface area contributed by atoms with Crippen LogP contribution in [0, 0.1) is 13.8 Å². The lowest BCUT2D eigenvalue weighted by Crippen LogP contribution is -2.04. The molecular formula is C18H19N3O2S. The number of hydrogen-bond donors (Lipinski definition) is 0. The molecule has 0 radical (unpaired) electrons. The van der Waals surface area contributed by atoms with Crippen LogP contribution in [-0.4, -0.2) is 26.3 Å². The van der Waals surface area contributed by atoms with Gasteiger partial charge in [0.05, 0.1) is 12.2 Å². The number of rotatable bonds is 6. The highest BCUT2D eigenvalue weighted by molar-refractivity contribution is 7.99. The van der Waals surface area contributed by atoms with Crippen LogP contribution < -0.4 is 0 Å². The van der Waals surface area contributed by atoms with Crippen LogP contribution in [0.15, 0.2) is 46.0 Å². The lowest BCUT2D eigenvalue weighted by Gasteiger charge is -2.01. The number of benzene rings is 1. The fourth-order valence-corrected chi connectivity index (χ4v) is 3.14. The summed E-state index contributed by atoms with van der Waals surface area (Å²) in [5.74, 6) is 0.920. The Hall–Kier alpha value is -2.34. The van der Waals surface area contributed by atoms with E-state index >= 15 is 0 Å². The number of Topliss-reactive ketones (excluding diaryl/α,β-unsaturated/α-hetero) is 1. The maximum atomic E-state index is 12.4. The lowest BCUT2D eigenvalue weighted by atomic mass is 10.2. The number of aromatic nitrogens is 3. The van der Waals surface area contributed by atoms with E-state index in [1.54, 1.807) is 0 Å². The largest absolute Gasteiger partial charge is 0.416 e. The zero-order valence-electron chi connectivity index (χ0n) is 13.9. The van der Waals surface area contributed by atoms with Crippen molar-refractivity contribution in [3.8, 4) is 0 Å². The van der Waals surface area contributed by atoms with Crippen molar-refractivity contribution < 1.29 is 9.21 Å². The molecule has 0 aliphatic carbocycles. The van der Waals surface area contributed by atoms with Gasteiger partial charge in [0.2, 0.25) is 5.89 Å². The highest BCUT2D eigenvalue weighted by atomic mass is 32.2. The average Bonchev–Trinajstić information content (AvgIpc) is 3.13. The predicted molar refractivity (Wildman–Crippen MR) is 93.5 cm³/mol. The van der Waals surface area contributed by atoms with Gasteiger partial charge in [0.1, 0.15) is 0 Å². The number of carbonyl (C=O) groups is 1. The monoisotopic (exact) mass is 341 g/mol. The standard InChI is InChI=1S/C18H19N3O2S/c1-12-9-15(13(2)21(12)3)16(22)11-24-18-20-19-17(23-18)10-14-7-5-4-6-8-14/h4-9H,10-11H2,1-3H3. The Balaban J connectivity index is 1.61. The summed E-state index contributed by atoms with van der Waals surface area (Å²) in [6.45, 7) is 3.94. The van der Waals surface area contributed by atoms with Gasteiger partial charge >= 0.3 is 0 Å². The Morgan fingerprint density at radius 2 is 1.96 bits per heavy atom. The van der Waals surface area contributed by atoms with Crippen LogP contribution >= 0.6 is 11.8 Å². The van der Waals surface area contributed by atoms with Gasteiger partial charge in [-0.1, -0.05) is 42.1 Å². The van der Waals surface area contributed by atoms with Gasteiger partial charge in [-0.15, -0.1) is 10.2 Å². The van der Waals surface area contributed by atoms with Crippen LogP contribution in [0.1, 0.15) is 33.2 Å². The molecule has 0 bridgehead atoms. The van der Waals surface area contributed by atoms with E-state index < -0.39 is 0 Å². The van der Waals surface area contributed by atoms with Gasteiger partial charge in [-0.3, -0.25) is 4.79 Å². The van der Waals surface area contributed by atoms with Gasteiger partial charge in [0.15, 0.2) is 5.78 Å². The molecule has 2 heterocycles. The SMILES string of the molecule is Cc1cc(C(=O)CSc2nnc(Cc3ccccc3)o2)c(C)n1C. The summed E-state index contributed by atoms with van der Waals surface area (Å²) >= 11 is 1.28. The van der Waals surface area contributed by atoms with E-state index in [9.17, 15) is 4.79 Å². The molecule has 0 aliphatic rings. The number of carbonyl (C=O) groups excluding carboxylic acids is 1. The first-order chi connectivity index (χ1) is 11.5. The van der Waals surface area contributed by atoms with Crippen molar-refractivity contribution in [1.82, 2.24) is 14.8 Å². The number of ketones is 1. The molecule has 0 fully saturated rings. The Morgan fingerprint density at radius 1 is 1.21 bits per heavy atom. The second-order valence-corrected chi connectivity index (χ2v) is 6.61. The molecule has 0 N–H and O–H groups in total. The molecule has 0 atom stereocenters. The Labute approximate surface area is 145 Å². The van der Waals surface area contributed by atoms with Crippen LogP contribution in [0.5, 0.6) is 0 Å². The Kier molecular flexibility index (Phi) is 4.85. The maximum absolute atomic E-state index is 12.4. The fraction of sp³-hybridized carbons (Fsp3) is 0.278. The maximum Gasteiger partial charge on any atom is 0.277 e. The molecule has 6 heteroatoms. The lowest BCUT2D eigenvalue weighted by molar-refractivity contribution is 0.102. The molecule has 0 spiro atoms. The van der Waals surface area contributed by atoms with Crippen molar-refractivity contribution in [3.63, 3.8) is 0 Å². The van der Waals surface area contributed by atoms with Crippen molar-refractivity contribution in [1.29, 1.82) is 0 Å². The third-order valence-electron chi connectivity index (χ3n) is 4.05. The third kappa shape index (κ3) is 3.59. The smallest absolute Gasteiger partial charge is 0.277 e. The molecule has 24 heavy (non-hydrogen) atoms. The average molecular weight is 341 g/mol. The van der Waals surface area contributed by atoms with Crippen molar-refractivity contribution in [2.75, 3.05) is 5.75 Å². The molecule has 0 saturated heterocycles. The van der Waals surface area contributed by atoms with Crippen molar-refractivity contribution >= 4 is 17.5 Å². The Morgan fingerprint density at radius 3 is 2.62 bits per heavy atom. The molecule has 0 amide bonds. The summed E-state index contributed by atoms with van der Waals surface area (Å²) in [6, 6.07) is 11.9. The molecule has 3 rings (SSSR count). The van der Waals surface area contributed by atoms with Crippen LogP contribution in [0.3, 0.4) is 0 Å². The molecule has 1 aromatic carbocycles. The topological polar surface area (TPSA) is 60.9 Å². The van der Waals surface area contributed by atoms with E-state index in [2.05, 4.69) is 10.2 Å². The molecular weight excluding hydrogens is 322 g/mol. The van der Waals surface area contributed by atoms with E-state index in [-0.39, 0.29) is 11.5 Å². The van der Waals surface area contributed by atoms with Gasteiger partial charge in [-0.25, -0.2) is 0 Å². The van der Waals surface area contributed by atoms with Crippen LogP contribution in [0.25, 0.3) is 0 Å². The first-order valence-corrected chi connectivity index (χ1v) is 8.68. The van der Waals surface area contributed by atoms with Crippen molar-refractivity contribution in [2.45, 2.75) is 25.5 Å². The van der Waals surface area contributed by atoms with E-state index in [4.69, 9.17) is 4.42 Å². The fourth-order valence-electron chi connectivity index (χ4n) is 2.48. The normalized spacial score (nSPS) is 11.0. The molecule has 2 aromatic heterocycles. The predicted octanol–water partition coefficient (Wildman–Crippen LogP) is 3.59. The highest BCUT2D eigenvalue weighted by Gasteiger charge is 2.16. The van der Waals surface area contributed by atoms with Crippen LogP contribution in [0.4, 0.5) is 0 Å². The minimum Gasteiger partial charge on any atom is -0.416 e. The van der Waals surface area contributed by atoms with Gasteiger partial charge in [0.25, 0.3) is 5.22 Å². The molecule has 0 saturated carbocycles. The second-order valence-electron chi connectivity index (χ2n) is 5.68. The first kappa shape index (κ1) is 16.5. The molecule has 3 aromatic rings. The molecule has 0 unspecified atom stereocenters. The Bertz CT molecular complexity index is 853. The number of nitrogens with zero attached hydrogens (tertiary/aromatic N) is 3. The molecule has 124 valence electrons. The van der Waals surface area contributed by atoms with Gasteiger partial charge in [-0.05, 0) is 25.5 Å². The first-order valence-electron chi connectivity index (χ1n) is 7.70. The number of hydrogen-bond acceptors (Lipinski definition) is 5. The highest BCUT2D eigenvalue weighted by Crippen LogP contribution is 2.21. The number of aryl methyl sites for hydroxylation is 1. The summed E-state index contributed by atoms with van der Waals surface area (Å²) < 4.78 is 7.63. The van der Waals surface area contributed by atoms with Crippen molar-refractivity contribution in [2.24, 2.45) is 7.05 Å². The van der Waals surface area contributed by atoms with E-state index in [1.165, 1.54) is 11.8 Å². The number of thioether (sulfide) groups is 1.